The number of carbonyl (C=O) groups excluding carboxylic acids is 2. The molecule has 1 aromatic rings. The fourth-order valence-corrected chi connectivity index (χ4v) is 1.29. The molecule has 0 aliphatic rings. The van der Waals surface area contributed by atoms with Crippen molar-refractivity contribution >= 4 is 12.2 Å². The molecule has 0 N–H and O–H groups in total. The minimum absolute atomic E-state index is 0.138. The number of carbonyl (C=O) groups is 2. The van der Waals surface area contributed by atoms with Crippen LogP contribution in [0.15, 0.2) is 24.3 Å². The predicted octanol–water partition coefficient (Wildman–Crippen LogP) is 1.35. The van der Waals surface area contributed by atoms with Crippen LogP contribution in [0.5, 0.6) is 5.75 Å². The van der Waals surface area contributed by atoms with Crippen molar-refractivity contribution in [2.45, 2.75) is 13.0 Å². The van der Waals surface area contributed by atoms with Gasteiger partial charge in [-0.25, -0.2) is 0 Å². The summed E-state index contributed by atoms with van der Waals surface area (Å²) in [6.07, 6.45) is 0.110. The molecule has 0 aliphatic heterocycles. The molecule has 0 radical (unpaired) electrons. The molecular formula is C12H15NO3. The normalized spacial score (nSPS) is 11.7. The Labute approximate surface area is 94.8 Å². The number of likely N-dealkylation sites (N-methyl/N-ethyl adjacent to an activating group) is 1. The molecule has 0 spiro atoms. The van der Waals surface area contributed by atoms with Gasteiger partial charge >= 0.3 is 0 Å². The topological polar surface area (TPSA) is 46.6 Å². The van der Waals surface area contributed by atoms with Crippen molar-refractivity contribution in [2.24, 2.45) is 0 Å². The third-order valence-corrected chi connectivity index (χ3v) is 2.14. The van der Waals surface area contributed by atoms with Gasteiger partial charge in [-0.15, -0.1) is 0 Å². The van der Waals surface area contributed by atoms with Gasteiger partial charge < -0.3 is 9.64 Å². The maximum Gasteiger partial charge on any atom is 0.262 e. The number of amides is 1. The Bertz CT molecular complexity index is 388. The average molecular weight is 221 g/mol. The van der Waals surface area contributed by atoms with Crippen LogP contribution < -0.4 is 4.74 Å². The standard InChI is InChI=1S/C12H15NO3/c1-9(12(15)13(2)3)16-11-7-5-4-6-10(11)8-14/h4-9H,1-3H3. The van der Waals surface area contributed by atoms with Gasteiger partial charge in [0.15, 0.2) is 12.4 Å². The average Bonchev–Trinajstić information content (AvgIpc) is 2.28. The van der Waals surface area contributed by atoms with Gasteiger partial charge in [-0.05, 0) is 19.1 Å². The first-order chi connectivity index (χ1) is 7.56. The number of rotatable bonds is 4. The van der Waals surface area contributed by atoms with Crippen LogP contribution in [0.1, 0.15) is 17.3 Å². The van der Waals surface area contributed by atoms with E-state index < -0.39 is 6.10 Å². The number of aldehydes is 1. The van der Waals surface area contributed by atoms with E-state index in [0.717, 1.165) is 0 Å². The maximum absolute atomic E-state index is 11.6. The van der Waals surface area contributed by atoms with Gasteiger partial charge in [0.1, 0.15) is 5.75 Å². The first-order valence-electron chi connectivity index (χ1n) is 4.98. The van der Waals surface area contributed by atoms with Gasteiger partial charge in [0.2, 0.25) is 0 Å². The zero-order chi connectivity index (χ0) is 12.1. The van der Waals surface area contributed by atoms with Crippen LogP contribution in [0.4, 0.5) is 0 Å². The molecule has 0 bridgehead atoms. The first kappa shape index (κ1) is 12.2. The zero-order valence-corrected chi connectivity index (χ0v) is 9.64. The van der Waals surface area contributed by atoms with Crippen molar-refractivity contribution in [3.8, 4) is 5.75 Å². The molecule has 16 heavy (non-hydrogen) atoms. The summed E-state index contributed by atoms with van der Waals surface area (Å²) in [6.45, 7) is 1.66. The molecule has 0 aliphatic carbocycles. The monoisotopic (exact) mass is 221 g/mol. The van der Waals surface area contributed by atoms with Crippen LogP contribution >= 0.6 is 0 Å². The summed E-state index contributed by atoms with van der Waals surface area (Å²) in [7, 11) is 3.32. The van der Waals surface area contributed by atoms with Crippen LogP contribution in [0, 0.1) is 0 Å². The third kappa shape index (κ3) is 2.82. The number of ether oxygens (including phenoxy) is 1. The largest absolute Gasteiger partial charge is 0.480 e. The lowest BCUT2D eigenvalue weighted by Crippen LogP contribution is -2.35. The van der Waals surface area contributed by atoms with Gasteiger partial charge in [0.05, 0.1) is 5.56 Å². The first-order valence-corrected chi connectivity index (χ1v) is 4.98. The Hall–Kier alpha value is -1.84. The smallest absolute Gasteiger partial charge is 0.262 e. The lowest BCUT2D eigenvalue weighted by Gasteiger charge is -2.18. The van der Waals surface area contributed by atoms with Crippen molar-refractivity contribution in [1.82, 2.24) is 4.90 Å². The van der Waals surface area contributed by atoms with Gasteiger partial charge in [0, 0.05) is 14.1 Å². The lowest BCUT2D eigenvalue weighted by atomic mass is 10.2. The number of benzene rings is 1. The van der Waals surface area contributed by atoms with Crippen molar-refractivity contribution < 1.29 is 14.3 Å². The molecule has 4 nitrogen and oxygen atoms in total. The maximum atomic E-state index is 11.6. The second-order valence-electron chi connectivity index (χ2n) is 3.65. The fraction of sp³-hybridized carbons (Fsp3) is 0.333. The second-order valence-corrected chi connectivity index (χ2v) is 3.65. The van der Waals surface area contributed by atoms with Crippen LogP contribution in [-0.4, -0.2) is 37.3 Å². The van der Waals surface area contributed by atoms with Crippen LogP contribution in [-0.2, 0) is 4.79 Å². The molecule has 1 rings (SSSR count). The van der Waals surface area contributed by atoms with Crippen LogP contribution in [0.25, 0.3) is 0 Å². The van der Waals surface area contributed by atoms with Crippen molar-refractivity contribution in [1.29, 1.82) is 0 Å². The summed E-state index contributed by atoms with van der Waals surface area (Å²) in [5.74, 6) is 0.293. The summed E-state index contributed by atoms with van der Waals surface area (Å²) >= 11 is 0. The van der Waals surface area contributed by atoms with Gasteiger partial charge in [0.25, 0.3) is 5.91 Å². The highest BCUT2D eigenvalue weighted by atomic mass is 16.5. The molecule has 86 valence electrons. The number of nitrogens with zero attached hydrogens (tertiary/aromatic N) is 1. The van der Waals surface area contributed by atoms with Gasteiger partial charge in [-0.2, -0.15) is 0 Å². The highest BCUT2D eigenvalue weighted by Crippen LogP contribution is 2.17. The molecule has 0 fully saturated rings. The van der Waals surface area contributed by atoms with E-state index in [1.807, 2.05) is 0 Å². The third-order valence-electron chi connectivity index (χ3n) is 2.14. The molecule has 1 amide bonds. The van der Waals surface area contributed by atoms with E-state index in [1.165, 1.54) is 4.90 Å². The van der Waals surface area contributed by atoms with E-state index >= 15 is 0 Å². The van der Waals surface area contributed by atoms with E-state index in [-0.39, 0.29) is 5.91 Å². The number of hydrogen-bond donors (Lipinski definition) is 0. The highest BCUT2D eigenvalue weighted by molar-refractivity contribution is 5.82. The molecule has 4 heteroatoms. The Morgan fingerprint density at radius 3 is 2.56 bits per heavy atom. The Kier molecular flexibility index (Phi) is 4.05. The summed E-state index contributed by atoms with van der Waals surface area (Å²) in [4.78, 5) is 23.7. The molecular weight excluding hydrogens is 206 g/mol. The zero-order valence-electron chi connectivity index (χ0n) is 9.64. The molecule has 0 saturated heterocycles. The highest BCUT2D eigenvalue weighted by Gasteiger charge is 2.17. The Morgan fingerprint density at radius 2 is 2.00 bits per heavy atom. The lowest BCUT2D eigenvalue weighted by molar-refractivity contribution is -0.135. The van der Waals surface area contributed by atoms with Gasteiger partial charge in [-0.1, -0.05) is 12.1 Å². The molecule has 1 aromatic carbocycles. The predicted molar refractivity (Wildman–Crippen MR) is 60.6 cm³/mol. The van der Waals surface area contributed by atoms with Gasteiger partial charge in [-0.3, -0.25) is 9.59 Å². The molecule has 0 heterocycles. The van der Waals surface area contributed by atoms with E-state index in [2.05, 4.69) is 0 Å². The number of hydrogen-bond acceptors (Lipinski definition) is 3. The summed E-state index contributed by atoms with van der Waals surface area (Å²) in [5, 5.41) is 0. The summed E-state index contributed by atoms with van der Waals surface area (Å²) in [6, 6.07) is 6.82. The molecule has 1 unspecified atom stereocenters. The fourth-order valence-electron chi connectivity index (χ4n) is 1.29. The Balaban J connectivity index is 2.80. The summed E-state index contributed by atoms with van der Waals surface area (Å²) in [5.41, 5.74) is 0.445. The van der Waals surface area contributed by atoms with Crippen LogP contribution in [0.3, 0.4) is 0 Å². The van der Waals surface area contributed by atoms with Crippen LogP contribution in [0.2, 0.25) is 0 Å². The minimum atomic E-state index is -0.601. The van der Waals surface area contributed by atoms with E-state index in [1.54, 1.807) is 45.3 Å². The van der Waals surface area contributed by atoms with E-state index in [0.29, 0.717) is 17.6 Å². The molecule has 0 saturated carbocycles. The van der Waals surface area contributed by atoms with Crippen molar-refractivity contribution in [2.75, 3.05) is 14.1 Å². The number of para-hydroxylation sites is 1. The summed E-state index contributed by atoms with van der Waals surface area (Å²) < 4.78 is 5.44. The minimum Gasteiger partial charge on any atom is -0.480 e. The van der Waals surface area contributed by atoms with E-state index in [9.17, 15) is 9.59 Å². The SMILES string of the molecule is CC(Oc1ccccc1C=O)C(=O)N(C)C. The van der Waals surface area contributed by atoms with E-state index in [4.69, 9.17) is 4.74 Å². The second kappa shape index (κ2) is 5.30. The van der Waals surface area contributed by atoms with Crippen molar-refractivity contribution in [3.63, 3.8) is 0 Å². The molecule has 0 aromatic heterocycles. The van der Waals surface area contributed by atoms with Crippen molar-refractivity contribution in [3.05, 3.63) is 29.8 Å². The Morgan fingerprint density at radius 1 is 1.38 bits per heavy atom. The molecule has 1 atom stereocenters. The quantitative estimate of drug-likeness (QED) is 0.721.